The van der Waals surface area contributed by atoms with Gasteiger partial charge in [-0.15, -0.1) is 0 Å². The zero-order chi connectivity index (χ0) is 15.1. The van der Waals surface area contributed by atoms with Crippen molar-refractivity contribution >= 4 is 6.09 Å². The van der Waals surface area contributed by atoms with E-state index in [1.807, 2.05) is 6.07 Å². The Kier molecular flexibility index (Phi) is 5.15. The van der Waals surface area contributed by atoms with E-state index in [-0.39, 0.29) is 5.82 Å². The van der Waals surface area contributed by atoms with Crippen LogP contribution >= 0.6 is 0 Å². The molecule has 0 unspecified atom stereocenters. The van der Waals surface area contributed by atoms with Gasteiger partial charge in [0.2, 0.25) is 0 Å². The second-order valence-corrected chi connectivity index (χ2v) is 4.34. The lowest BCUT2D eigenvalue weighted by molar-refractivity contribution is 0.200. The molecule has 0 aliphatic heterocycles. The molecule has 4 nitrogen and oxygen atoms in total. The van der Waals surface area contributed by atoms with Crippen LogP contribution in [-0.2, 0) is 6.42 Å². The lowest BCUT2D eigenvalue weighted by atomic mass is 10.1. The number of hydrogen-bond donors (Lipinski definition) is 1. The Balaban J connectivity index is 1.84. The van der Waals surface area contributed by atoms with Crippen molar-refractivity contribution in [3.8, 4) is 11.5 Å². The van der Waals surface area contributed by atoms with Crippen LogP contribution < -0.4 is 14.8 Å². The Hall–Kier alpha value is -2.56. The molecule has 2 aromatic rings. The van der Waals surface area contributed by atoms with E-state index in [4.69, 9.17) is 9.47 Å². The van der Waals surface area contributed by atoms with Gasteiger partial charge in [0, 0.05) is 6.54 Å². The van der Waals surface area contributed by atoms with E-state index in [1.54, 1.807) is 30.3 Å². The highest BCUT2D eigenvalue weighted by Gasteiger charge is 2.07. The number of hydrogen-bond acceptors (Lipinski definition) is 3. The zero-order valence-electron chi connectivity index (χ0n) is 11.6. The number of methoxy groups -OCH3 is 1. The van der Waals surface area contributed by atoms with Crippen molar-refractivity contribution in [1.29, 1.82) is 0 Å². The predicted molar refractivity (Wildman–Crippen MR) is 77.1 cm³/mol. The van der Waals surface area contributed by atoms with Gasteiger partial charge < -0.3 is 14.8 Å². The molecule has 0 aromatic heterocycles. The molecule has 21 heavy (non-hydrogen) atoms. The van der Waals surface area contributed by atoms with Crippen LogP contribution in [0.3, 0.4) is 0 Å². The van der Waals surface area contributed by atoms with Crippen molar-refractivity contribution in [3.05, 3.63) is 59.9 Å². The van der Waals surface area contributed by atoms with Gasteiger partial charge in [-0.2, -0.15) is 0 Å². The van der Waals surface area contributed by atoms with E-state index < -0.39 is 6.09 Å². The van der Waals surface area contributed by atoms with Crippen molar-refractivity contribution in [2.75, 3.05) is 13.7 Å². The van der Waals surface area contributed by atoms with Crippen LogP contribution in [0.2, 0.25) is 0 Å². The van der Waals surface area contributed by atoms with Crippen LogP contribution in [0, 0.1) is 5.82 Å². The maximum absolute atomic E-state index is 13.2. The number of rotatable bonds is 5. The van der Waals surface area contributed by atoms with Crippen LogP contribution in [0.1, 0.15) is 5.56 Å². The standard InChI is InChI=1S/C16H16FNO3/c1-20-15-8-7-13(17)11-12(15)9-10-18-16(19)21-14-5-3-2-4-6-14/h2-8,11H,9-10H2,1H3,(H,18,19). The molecule has 0 saturated heterocycles. The Morgan fingerprint density at radius 2 is 1.95 bits per heavy atom. The number of ether oxygens (including phenoxy) is 2. The minimum Gasteiger partial charge on any atom is -0.496 e. The summed E-state index contributed by atoms with van der Waals surface area (Å²) in [5.41, 5.74) is 0.692. The highest BCUT2D eigenvalue weighted by atomic mass is 19.1. The van der Waals surface area contributed by atoms with Crippen molar-refractivity contribution < 1.29 is 18.7 Å². The highest BCUT2D eigenvalue weighted by molar-refractivity contribution is 5.70. The molecule has 0 atom stereocenters. The van der Waals surface area contributed by atoms with E-state index in [9.17, 15) is 9.18 Å². The van der Waals surface area contributed by atoms with Gasteiger partial charge >= 0.3 is 6.09 Å². The molecule has 0 saturated carbocycles. The van der Waals surface area contributed by atoms with Gasteiger partial charge in [-0.1, -0.05) is 18.2 Å². The predicted octanol–water partition coefficient (Wildman–Crippen LogP) is 3.17. The minimum absolute atomic E-state index is 0.325. The lowest BCUT2D eigenvalue weighted by Gasteiger charge is -2.09. The van der Waals surface area contributed by atoms with Crippen molar-refractivity contribution in [2.45, 2.75) is 6.42 Å². The molecule has 0 spiro atoms. The Morgan fingerprint density at radius 1 is 1.19 bits per heavy atom. The number of benzene rings is 2. The minimum atomic E-state index is -0.545. The van der Waals surface area contributed by atoms with E-state index in [0.717, 1.165) is 0 Å². The smallest absolute Gasteiger partial charge is 0.412 e. The first kappa shape index (κ1) is 14.8. The van der Waals surface area contributed by atoms with Crippen molar-refractivity contribution in [3.63, 3.8) is 0 Å². The summed E-state index contributed by atoms with van der Waals surface area (Å²) < 4.78 is 23.4. The second kappa shape index (κ2) is 7.28. The second-order valence-electron chi connectivity index (χ2n) is 4.34. The SMILES string of the molecule is COc1ccc(F)cc1CCNC(=O)Oc1ccccc1. The Morgan fingerprint density at radius 3 is 2.67 bits per heavy atom. The van der Waals surface area contributed by atoms with E-state index >= 15 is 0 Å². The first-order valence-electron chi connectivity index (χ1n) is 6.52. The van der Waals surface area contributed by atoms with Crippen LogP contribution in [0.5, 0.6) is 11.5 Å². The summed E-state index contributed by atoms with van der Waals surface area (Å²) in [6.45, 7) is 0.325. The van der Waals surface area contributed by atoms with Crippen molar-refractivity contribution in [2.24, 2.45) is 0 Å². The number of carbonyl (C=O) groups is 1. The molecule has 0 aliphatic rings. The summed E-state index contributed by atoms with van der Waals surface area (Å²) in [5, 5.41) is 2.61. The number of halogens is 1. The van der Waals surface area contributed by atoms with Crippen LogP contribution in [0.25, 0.3) is 0 Å². The molecule has 0 fully saturated rings. The summed E-state index contributed by atoms with van der Waals surface area (Å²) in [7, 11) is 1.52. The first-order valence-corrected chi connectivity index (χ1v) is 6.52. The fourth-order valence-electron chi connectivity index (χ4n) is 1.87. The van der Waals surface area contributed by atoms with Gasteiger partial charge in [-0.25, -0.2) is 9.18 Å². The third kappa shape index (κ3) is 4.49. The molecule has 1 amide bonds. The van der Waals surface area contributed by atoms with Gasteiger partial charge in [0.05, 0.1) is 7.11 Å². The molecule has 1 N–H and O–H groups in total. The van der Waals surface area contributed by atoms with Crippen molar-refractivity contribution in [1.82, 2.24) is 5.32 Å². The fraction of sp³-hybridized carbons (Fsp3) is 0.188. The molecular weight excluding hydrogens is 273 g/mol. The average molecular weight is 289 g/mol. The molecule has 0 heterocycles. The topological polar surface area (TPSA) is 47.6 Å². The van der Waals surface area contributed by atoms with Crippen LogP contribution in [-0.4, -0.2) is 19.7 Å². The number of carbonyl (C=O) groups excluding carboxylic acids is 1. The maximum atomic E-state index is 13.2. The summed E-state index contributed by atoms with van der Waals surface area (Å²) in [4.78, 5) is 11.6. The monoisotopic (exact) mass is 289 g/mol. The summed E-state index contributed by atoms with van der Waals surface area (Å²) >= 11 is 0. The highest BCUT2D eigenvalue weighted by Crippen LogP contribution is 2.19. The molecular formula is C16H16FNO3. The van der Waals surface area contributed by atoms with E-state index in [0.29, 0.717) is 30.0 Å². The van der Waals surface area contributed by atoms with Gasteiger partial charge in [-0.05, 0) is 42.3 Å². The van der Waals surface area contributed by atoms with E-state index in [1.165, 1.54) is 19.2 Å². The van der Waals surface area contributed by atoms with Gasteiger partial charge in [0.25, 0.3) is 0 Å². The molecule has 0 radical (unpaired) electrons. The first-order chi connectivity index (χ1) is 10.2. The average Bonchev–Trinajstić information content (AvgIpc) is 2.48. The lowest BCUT2D eigenvalue weighted by Crippen LogP contribution is -2.28. The van der Waals surface area contributed by atoms with Gasteiger partial charge in [0.15, 0.2) is 0 Å². The molecule has 0 aliphatic carbocycles. The fourth-order valence-corrected chi connectivity index (χ4v) is 1.87. The van der Waals surface area contributed by atoms with Crippen LogP contribution in [0.4, 0.5) is 9.18 Å². The number of para-hydroxylation sites is 1. The third-order valence-electron chi connectivity index (χ3n) is 2.86. The van der Waals surface area contributed by atoms with E-state index in [2.05, 4.69) is 5.32 Å². The Bertz CT molecular complexity index is 602. The molecule has 2 aromatic carbocycles. The molecule has 110 valence electrons. The molecule has 2 rings (SSSR count). The Labute approximate surface area is 122 Å². The van der Waals surface area contributed by atoms with Gasteiger partial charge in [0.1, 0.15) is 17.3 Å². The quantitative estimate of drug-likeness (QED) is 0.919. The zero-order valence-corrected chi connectivity index (χ0v) is 11.6. The number of nitrogens with one attached hydrogen (secondary N) is 1. The normalized spacial score (nSPS) is 10.0. The maximum Gasteiger partial charge on any atom is 0.412 e. The largest absolute Gasteiger partial charge is 0.496 e. The molecule has 5 heteroatoms. The number of amides is 1. The third-order valence-corrected chi connectivity index (χ3v) is 2.86. The summed E-state index contributed by atoms with van der Waals surface area (Å²) in [6.07, 6.45) is -0.0956. The van der Waals surface area contributed by atoms with Gasteiger partial charge in [-0.3, -0.25) is 0 Å². The molecule has 0 bridgehead atoms. The summed E-state index contributed by atoms with van der Waals surface area (Å²) in [5.74, 6) is 0.727. The van der Waals surface area contributed by atoms with Crippen LogP contribution in [0.15, 0.2) is 48.5 Å². The summed E-state index contributed by atoms with van der Waals surface area (Å²) in [6, 6.07) is 13.1.